The van der Waals surface area contributed by atoms with Crippen LogP contribution in [0.2, 0.25) is 0 Å². The Hall–Kier alpha value is -0.860. The third-order valence-electron chi connectivity index (χ3n) is 5.63. The van der Waals surface area contributed by atoms with Crippen LogP contribution in [-0.4, -0.2) is 31.1 Å². The first-order valence-electron chi connectivity index (χ1n) is 8.64. The lowest BCUT2D eigenvalue weighted by Gasteiger charge is -2.42. The molecule has 0 bridgehead atoms. The molecule has 1 N–H and O–H groups in total. The average Bonchev–Trinajstić information content (AvgIpc) is 3.17. The maximum atomic E-state index is 3.76. The van der Waals surface area contributed by atoms with Crippen LogP contribution in [0.1, 0.15) is 56.7 Å². The maximum absolute atomic E-state index is 3.76. The molecule has 1 saturated carbocycles. The van der Waals surface area contributed by atoms with Crippen molar-refractivity contribution in [1.82, 2.24) is 10.2 Å². The Morgan fingerprint density at radius 3 is 2.43 bits per heavy atom. The normalized spacial score (nSPS) is 34.8. The van der Waals surface area contributed by atoms with Crippen molar-refractivity contribution in [3.63, 3.8) is 0 Å². The van der Waals surface area contributed by atoms with E-state index in [1.165, 1.54) is 24.9 Å². The summed E-state index contributed by atoms with van der Waals surface area (Å²) < 4.78 is 0. The van der Waals surface area contributed by atoms with Crippen molar-refractivity contribution >= 4 is 0 Å². The van der Waals surface area contributed by atoms with Gasteiger partial charge in [0.2, 0.25) is 0 Å². The van der Waals surface area contributed by atoms with Crippen LogP contribution in [0.15, 0.2) is 24.3 Å². The molecule has 3 rings (SSSR count). The summed E-state index contributed by atoms with van der Waals surface area (Å²) in [6.45, 7) is 9.31. The minimum Gasteiger partial charge on any atom is -0.309 e. The van der Waals surface area contributed by atoms with Gasteiger partial charge in [0.1, 0.15) is 0 Å². The summed E-state index contributed by atoms with van der Waals surface area (Å²) in [5.41, 5.74) is 3.08. The standard InChI is InChI=1S/C19H30N2/c1-5-20-19-17-9-7-6-8-16(17)14(3)11-18(19)21(4)12-15-10-13(15)2/h6-9,13-15,18-20H,5,10-12H2,1-4H3. The highest BCUT2D eigenvalue weighted by atomic mass is 15.2. The molecule has 2 aliphatic carbocycles. The molecule has 1 aromatic carbocycles. The second-order valence-electron chi connectivity index (χ2n) is 7.28. The summed E-state index contributed by atoms with van der Waals surface area (Å²) in [6.07, 6.45) is 2.70. The maximum Gasteiger partial charge on any atom is 0.0481 e. The van der Waals surface area contributed by atoms with Crippen LogP contribution in [0.4, 0.5) is 0 Å². The molecule has 2 aliphatic rings. The number of hydrogen-bond donors (Lipinski definition) is 1. The summed E-state index contributed by atoms with van der Waals surface area (Å²) in [6, 6.07) is 10.2. The van der Waals surface area contributed by atoms with Crippen molar-refractivity contribution in [2.24, 2.45) is 11.8 Å². The lowest BCUT2D eigenvalue weighted by atomic mass is 9.77. The number of likely N-dealkylation sites (N-methyl/N-ethyl adjacent to an activating group) is 2. The molecule has 0 saturated heterocycles. The molecule has 1 fully saturated rings. The van der Waals surface area contributed by atoms with Crippen LogP contribution < -0.4 is 5.32 Å². The molecule has 5 unspecified atom stereocenters. The first kappa shape index (κ1) is 15.1. The Morgan fingerprint density at radius 1 is 1.14 bits per heavy atom. The van der Waals surface area contributed by atoms with Gasteiger partial charge in [-0.25, -0.2) is 0 Å². The van der Waals surface area contributed by atoms with Crippen LogP contribution in [0.3, 0.4) is 0 Å². The third kappa shape index (κ3) is 3.02. The number of hydrogen-bond acceptors (Lipinski definition) is 2. The van der Waals surface area contributed by atoms with Gasteiger partial charge in [-0.1, -0.05) is 45.0 Å². The van der Waals surface area contributed by atoms with E-state index in [9.17, 15) is 0 Å². The zero-order valence-corrected chi connectivity index (χ0v) is 14.0. The number of rotatable bonds is 5. The molecule has 116 valence electrons. The Balaban J connectivity index is 1.82. The first-order valence-corrected chi connectivity index (χ1v) is 8.64. The van der Waals surface area contributed by atoms with Crippen LogP contribution in [-0.2, 0) is 0 Å². The molecule has 1 aromatic rings. The van der Waals surface area contributed by atoms with Crippen molar-refractivity contribution in [3.05, 3.63) is 35.4 Å². The van der Waals surface area contributed by atoms with E-state index < -0.39 is 0 Å². The van der Waals surface area contributed by atoms with E-state index in [1.807, 2.05) is 0 Å². The van der Waals surface area contributed by atoms with E-state index in [0.717, 1.165) is 18.4 Å². The van der Waals surface area contributed by atoms with Crippen molar-refractivity contribution in [2.45, 2.75) is 51.6 Å². The van der Waals surface area contributed by atoms with Crippen molar-refractivity contribution in [3.8, 4) is 0 Å². The Kier molecular flexibility index (Phi) is 4.37. The number of fused-ring (bicyclic) bond motifs is 1. The van der Waals surface area contributed by atoms with Crippen molar-refractivity contribution in [2.75, 3.05) is 20.1 Å². The largest absolute Gasteiger partial charge is 0.309 e. The van der Waals surface area contributed by atoms with Gasteiger partial charge >= 0.3 is 0 Å². The fraction of sp³-hybridized carbons (Fsp3) is 0.684. The number of nitrogens with zero attached hydrogens (tertiary/aromatic N) is 1. The van der Waals surface area contributed by atoms with Gasteiger partial charge in [-0.05, 0) is 55.3 Å². The predicted octanol–water partition coefficient (Wildman–Crippen LogP) is 3.80. The topological polar surface area (TPSA) is 15.3 Å². The summed E-state index contributed by atoms with van der Waals surface area (Å²) in [5.74, 6) is 2.54. The van der Waals surface area contributed by atoms with Crippen LogP contribution >= 0.6 is 0 Å². The SMILES string of the molecule is CCNC1c2ccccc2C(C)CC1N(C)CC1CC1C. The minimum absolute atomic E-state index is 0.487. The van der Waals surface area contributed by atoms with Gasteiger partial charge in [-0.2, -0.15) is 0 Å². The molecule has 0 radical (unpaired) electrons. The molecule has 21 heavy (non-hydrogen) atoms. The summed E-state index contributed by atoms with van der Waals surface area (Å²) in [5, 5.41) is 3.76. The number of nitrogens with one attached hydrogen (secondary N) is 1. The first-order chi connectivity index (χ1) is 10.1. The smallest absolute Gasteiger partial charge is 0.0481 e. The second kappa shape index (κ2) is 6.10. The monoisotopic (exact) mass is 286 g/mol. The number of benzene rings is 1. The highest BCUT2D eigenvalue weighted by molar-refractivity contribution is 5.36. The van der Waals surface area contributed by atoms with E-state index in [1.54, 1.807) is 5.56 Å². The van der Waals surface area contributed by atoms with E-state index in [-0.39, 0.29) is 0 Å². The van der Waals surface area contributed by atoms with Gasteiger partial charge in [0, 0.05) is 18.6 Å². The quantitative estimate of drug-likeness (QED) is 0.885. The molecule has 0 aliphatic heterocycles. The average molecular weight is 286 g/mol. The van der Waals surface area contributed by atoms with E-state index in [0.29, 0.717) is 18.0 Å². The predicted molar refractivity (Wildman–Crippen MR) is 89.6 cm³/mol. The van der Waals surface area contributed by atoms with Gasteiger partial charge in [-0.15, -0.1) is 0 Å². The van der Waals surface area contributed by atoms with E-state index in [4.69, 9.17) is 0 Å². The second-order valence-corrected chi connectivity index (χ2v) is 7.28. The molecule has 0 aromatic heterocycles. The molecule has 0 heterocycles. The Morgan fingerprint density at radius 2 is 1.81 bits per heavy atom. The summed E-state index contributed by atoms with van der Waals surface area (Å²) >= 11 is 0. The van der Waals surface area contributed by atoms with Gasteiger partial charge in [0.05, 0.1) is 0 Å². The Bertz CT molecular complexity index is 484. The Labute approximate surface area is 129 Å². The van der Waals surface area contributed by atoms with Gasteiger partial charge in [0.25, 0.3) is 0 Å². The van der Waals surface area contributed by atoms with Crippen LogP contribution in [0, 0.1) is 11.8 Å². The fourth-order valence-corrected chi connectivity index (χ4v) is 4.13. The van der Waals surface area contributed by atoms with Crippen LogP contribution in [0.25, 0.3) is 0 Å². The molecular weight excluding hydrogens is 256 g/mol. The van der Waals surface area contributed by atoms with E-state index >= 15 is 0 Å². The zero-order chi connectivity index (χ0) is 15.0. The molecule has 0 spiro atoms. The van der Waals surface area contributed by atoms with Crippen LogP contribution in [0.5, 0.6) is 0 Å². The molecule has 2 nitrogen and oxygen atoms in total. The van der Waals surface area contributed by atoms with Crippen molar-refractivity contribution < 1.29 is 0 Å². The zero-order valence-electron chi connectivity index (χ0n) is 14.0. The van der Waals surface area contributed by atoms with Gasteiger partial charge < -0.3 is 10.2 Å². The lowest BCUT2D eigenvalue weighted by Crippen LogP contribution is -2.47. The van der Waals surface area contributed by atoms with E-state index in [2.05, 4.69) is 62.3 Å². The lowest BCUT2D eigenvalue weighted by molar-refractivity contribution is 0.157. The fourth-order valence-electron chi connectivity index (χ4n) is 4.13. The molecule has 5 atom stereocenters. The summed E-state index contributed by atoms with van der Waals surface area (Å²) in [7, 11) is 2.33. The van der Waals surface area contributed by atoms with Gasteiger partial charge in [-0.3, -0.25) is 0 Å². The highest BCUT2D eigenvalue weighted by Crippen LogP contribution is 2.42. The molecule has 0 amide bonds. The van der Waals surface area contributed by atoms with Crippen molar-refractivity contribution in [1.29, 1.82) is 0 Å². The summed E-state index contributed by atoms with van der Waals surface area (Å²) in [4.78, 5) is 2.63. The molecular formula is C19H30N2. The third-order valence-corrected chi connectivity index (χ3v) is 5.63. The highest BCUT2D eigenvalue weighted by Gasteiger charge is 2.39. The van der Waals surface area contributed by atoms with Gasteiger partial charge in [0.15, 0.2) is 0 Å². The minimum atomic E-state index is 0.487. The molecule has 2 heteroatoms.